The Hall–Kier alpha value is -2.32. The Labute approximate surface area is 153 Å². The van der Waals surface area contributed by atoms with Crippen LogP contribution in [0.1, 0.15) is 11.8 Å². The maximum atomic E-state index is 11.9. The zero-order chi connectivity index (χ0) is 17.5. The van der Waals surface area contributed by atoms with Crippen LogP contribution in [0.3, 0.4) is 0 Å². The van der Waals surface area contributed by atoms with Crippen molar-refractivity contribution in [3.05, 3.63) is 46.7 Å². The zero-order valence-electron chi connectivity index (χ0n) is 13.6. The number of carbonyl (C=O) groups is 1. The molecule has 2 aromatic heterocycles. The molecule has 0 aliphatic heterocycles. The van der Waals surface area contributed by atoms with E-state index in [2.05, 4.69) is 15.5 Å². The molecule has 0 saturated carbocycles. The molecule has 3 rings (SSSR count). The SMILES string of the molecule is CCOc1ccc(-c2nnc(SCC(=O)NCc3cccs3)o2)cc1. The smallest absolute Gasteiger partial charge is 0.277 e. The number of benzene rings is 1. The summed E-state index contributed by atoms with van der Waals surface area (Å²) in [6, 6.07) is 11.4. The van der Waals surface area contributed by atoms with Crippen LogP contribution in [0.15, 0.2) is 51.4 Å². The van der Waals surface area contributed by atoms with E-state index in [1.165, 1.54) is 11.8 Å². The first-order valence-electron chi connectivity index (χ1n) is 7.73. The van der Waals surface area contributed by atoms with E-state index in [9.17, 15) is 4.79 Å². The number of rotatable bonds is 8. The fourth-order valence-electron chi connectivity index (χ4n) is 2.02. The first-order valence-corrected chi connectivity index (χ1v) is 9.59. The van der Waals surface area contributed by atoms with Crippen LogP contribution in [0.25, 0.3) is 11.5 Å². The maximum Gasteiger partial charge on any atom is 0.277 e. The van der Waals surface area contributed by atoms with E-state index in [-0.39, 0.29) is 11.7 Å². The predicted octanol–water partition coefficient (Wildman–Crippen LogP) is 3.61. The van der Waals surface area contributed by atoms with Crippen molar-refractivity contribution in [3.8, 4) is 17.2 Å². The number of hydrogen-bond acceptors (Lipinski definition) is 7. The second-order valence-corrected chi connectivity index (χ2v) is 6.93. The minimum atomic E-state index is -0.0702. The van der Waals surface area contributed by atoms with Gasteiger partial charge in [-0.3, -0.25) is 4.79 Å². The molecule has 1 N–H and O–H groups in total. The van der Waals surface area contributed by atoms with Gasteiger partial charge in [0, 0.05) is 10.4 Å². The number of amides is 1. The van der Waals surface area contributed by atoms with Gasteiger partial charge in [0.2, 0.25) is 11.8 Å². The van der Waals surface area contributed by atoms with Gasteiger partial charge in [0.15, 0.2) is 0 Å². The Morgan fingerprint density at radius 2 is 2.12 bits per heavy atom. The lowest BCUT2D eigenvalue weighted by Crippen LogP contribution is -2.24. The van der Waals surface area contributed by atoms with E-state index < -0.39 is 0 Å². The third-order valence-electron chi connectivity index (χ3n) is 3.19. The van der Waals surface area contributed by atoms with Crippen molar-refractivity contribution in [2.75, 3.05) is 12.4 Å². The van der Waals surface area contributed by atoms with Gasteiger partial charge in [-0.05, 0) is 42.6 Å². The van der Waals surface area contributed by atoms with Gasteiger partial charge in [0.25, 0.3) is 5.22 Å². The number of nitrogens with zero attached hydrogens (tertiary/aromatic N) is 2. The Balaban J connectivity index is 1.50. The highest BCUT2D eigenvalue weighted by atomic mass is 32.2. The van der Waals surface area contributed by atoms with Crippen LogP contribution >= 0.6 is 23.1 Å². The van der Waals surface area contributed by atoms with Crippen LogP contribution in [-0.2, 0) is 11.3 Å². The highest BCUT2D eigenvalue weighted by Gasteiger charge is 2.11. The third kappa shape index (κ3) is 5.07. The molecule has 0 unspecified atom stereocenters. The molecule has 0 bridgehead atoms. The Morgan fingerprint density at radius 3 is 2.84 bits per heavy atom. The normalized spacial score (nSPS) is 10.6. The third-order valence-corrected chi connectivity index (χ3v) is 4.88. The quantitative estimate of drug-likeness (QED) is 0.606. The molecule has 1 amide bonds. The Kier molecular flexibility index (Phi) is 6.08. The van der Waals surface area contributed by atoms with Crippen molar-refractivity contribution in [2.45, 2.75) is 18.7 Å². The summed E-state index contributed by atoms with van der Waals surface area (Å²) in [5.74, 6) is 1.38. The Morgan fingerprint density at radius 1 is 1.28 bits per heavy atom. The largest absolute Gasteiger partial charge is 0.494 e. The first kappa shape index (κ1) is 17.5. The topological polar surface area (TPSA) is 77.2 Å². The van der Waals surface area contributed by atoms with Gasteiger partial charge in [0.1, 0.15) is 5.75 Å². The summed E-state index contributed by atoms with van der Waals surface area (Å²) in [7, 11) is 0. The molecule has 0 saturated heterocycles. The molecule has 0 radical (unpaired) electrons. The summed E-state index contributed by atoms with van der Waals surface area (Å²) in [6.45, 7) is 3.10. The molecule has 2 heterocycles. The van der Waals surface area contributed by atoms with Crippen LogP contribution < -0.4 is 10.1 Å². The molecule has 130 valence electrons. The van der Waals surface area contributed by atoms with Crippen LogP contribution in [0.5, 0.6) is 5.75 Å². The number of nitrogens with one attached hydrogen (secondary N) is 1. The standard InChI is InChI=1S/C17H17N3O3S2/c1-2-22-13-7-5-12(6-8-13)16-19-20-17(23-16)25-11-15(21)18-10-14-4-3-9-24-14/h3-9H,2,10-11H2,1H3,(H,18,21). The van der Waals surface area contributed by atoms with Crippen molar-refractivity contribution >= 4 is 29.0 Å². The molecular formula is C17H17N3O3S2. The second kappa shape index (κ2) is 8.68. The van der Waals surface area contributed by atoms with E-state index in [1.54, 1.807) is 11.3 Å². The number of aromatic nitrogens is 2. The summed E-state index contributed by atoms with van der Waals surface area (Å²) >= 11 is 2.83. The van der Waals surface area contributed by atoms with Crippen molar-refractivity contribution < 1.29 is 13.9 Å². The summed E-state index contributed by atoms with van der Waals surface area (Å²) in [5.41, 5.74) is 0.810. The van der Waals surface area contributed by atoms with Crippen LogP contribution in [-0.4, -0.2) is 28.5 Å². The molecule has 8 heteroatoms. The fourth-order valence-corrected chi connectivity index (χ4v) is 3.26. The van der Waals surface area contributed by atoms with E-state index in [0.29, 0.717) is 24.3 Å². The molecule has 0 aliphatic rings. The summed E-state index contributed by atoms with van der Waals surface area (Å²) in [4.78, 5) is 13.0. The molecule has 0 fully saturated rings. The van der Waals surface area contributed by atoms with Crippen LogP contribution in [0.2, 0.25) is 0 Å². The van der Waals surface area contributed by atoms with Crippen molar-refractivity contribution in [1.29, 1.82) is 0 Å². The molecule has 1 aromatic carbocycles. The van der Waals surface area contributed by atoms with Crippen LogP contribution in [0.4, 0.5) is 0 Å². The predicted molar refractivity (Wildman–Crippen MR) is 97.8 cm³/mol. The van der Waals surface area contributed by atoms with Gasteiger partial charge in [-0.25, -0.2) is 0 Å². The van der Waals surface area contributed by atoms with Gasteiger partial charge in [-0.15, -0.1) is 21.5 Å². The lowest BCUT2D eigenvalue weighted by molar-refractivity contribution is -0.118. The summed E-state index contributed by atoms with van der Waals surface area (Å²) < 4.78 is 11.0. The number of thiophene rings is 1. The van der Waals surface area contributed by atoms with E-state index in [0.717, 1.165) is 16.2 Å². The highest BCUT2D eigenvalue weighted by Crippen LogP contribution is 2.24. The van der Waals surface area contributed by atoms with Gasteiger partial charge >= 0.3 is 0 Å². The van der Waals surface area contributed by atoms with Gasteiger partial charge in [-0.1, -0.05) is 17.8 Å². The van der Waals surface area contributed by atoms with E-state index in [1.807, 2.05) is 48.7 Å². The van der Waals surface area contributed by atoms with Gasteiger partial charge in [-0.2, -0.15) is 0 Å². The first-order chi connectivity index (χ1) is 12.2. The van der Waals surface area contributed by atoms with Crippen LogP contribution in [0, 0.1) is 0 Å². The van der Waals surface area contributed by atoms with E-state index >= 15 is 0 Å². The van der Waals surface area contributed by atoms with Crippen molar-refractivity contribution in [1.82, 2.24) is 15.5 Å². The lowest BCUT2D eigenvalue weighted by atomic mass is 10.2. The van der Waals surface area contributed by atoms with Gasteiger partial charge < -0.3 is 14.5 Å². The maximum absolute atomic E-state index is 11.9. The summed E-state index contributed by atoms with van der Waals surface area (Å²) in [5, 5.41) is 13.2. The molecule has 6 nitrogen and oxygen atoms in total. The highest BCUT2D eigenvalue weighted by molar-refractivity contribution is 7.99. The number of thioether (sulfide) groups is 1. The lowest BCUT2D eigenvalue weighted by Gasteiger charge is -2.02. The second-order valence-electron chi connectivity index (χ2n) is 4.98. The average molecular weight is 375 g/mol. The monoisotopic (exact) mass is 375 g/mol. The molecule has 0 atom stereocenters. The molecule has 25 heavy (non-hydrogen) atoms. The minimum Gasteiger partial charge on any atom is -0.494 e. The molecule has 3 aromatic rings. The number of hydrogen-bond donors (Lipinski definition) is 1. The molecule has 0 aliphatic carbocycles. The van der Waals surface area contributed by atoms with Gasteiger partial charge in [0.05, 0.1) is 18.9 Å². The zero-order valence-corrected chi connectivity index (χ0v) is 15.2. The minimum absolute atomic E-state index is 0.0702. The summed E-state index contributed by atoms with van der Waals surface area (Å²) in [6.07, 6.45) is 0. The van der Waals surface area contributed by atoms with Crippen molar-refractivity contribution in [2.24, 2.45) is 0 Å². The van der Waals surface area contributed by atoms with Crippen molar-refractivity contribution in [3.63, 3.8) is 0 Å². The molecular weight excluding hydrogens is 358 g/mol. The average Bonchev–Trinajstić information content (AvgIpc) is 3.31. The number of carbonyl (C=O) groups excluding carboxylic acids is 1. The Bertz CT molecular complexity index is 801. The fraction of sp³-hybridized carbons (Fsp3) is 0.235. The molecule has 0 spiro atoms. The van der Waals surface area contributed by atoms with E-state index in [4.69, 9.17) is 9.15 Å². The number of ether oxygens (including phenoxy) is 1.